The Kier molecular flexibility index (Phi) is 14.9. The van der Waals surface area contributed by atoms with Crippen molar-refractivity contribution in [3.8, 4) is 0 Å². The van der Waals surface area contributed by atoms with Gasteiger partial charge in [-0.05, 0) is 0 Å². The molecule has 0 aliphatic heterocycles. The normalized spacial score (nSPS) is 23.0. The van der Waals surface area contributed by atoms with Gasteiger partial charge in [0.15, 0.2) is 0 Å². The van der Waals surface area contributed by atoms with Gasteiger partial charge < -0.3 is 0 Å². The summed E-state index contributed by atoms with van der Waals surface area (Å²) in [4.78, 5) is 0. The van der Waals surface area contributed by atoms with Gasteiger partial charge in [-0.1, -0.05) is 0 Å². The van der Waals surface area contributed by atoms with Crippen LogP contribution in [0, 0.1) is 0 Å². The summed E-state index contributed by atoms with van der Waals surface area (Å²) in [6.07, 6.45) is 25.6. The Hall–Kier alpha value is 0.486. The van der Waals surface area contributed by atoms with E-state index in [0.717, 1.165) is 0 Å². The fourth-order valence-corrected chi connectivity index (χ4v) is 47.3. The zero-order valence-electron chi connectivity index (χ0n) is 42.1. The summed E-state index contributed by atoms with van der Waals surface area (Å²) < 4.78 is 3.98. The molecule has 0 N–H and O–H groups in total. The summed E-state index contributed by atoms with van der Waals surface area (Å²) in [5.74, 6) is 0. The van der Waals surface area contributed by atoms with Crippen molar-refractivity contribution in [3.05, 3.63) is 56.6 Å². The van der Waals surface area contributed by atoms with Crippen LogP contribution in [0.5, 0.6) is 0 Å². The van der Waals surface area contributed by atoms with Gasteiger partial charge in [0.25, 0.3) is 0 Å². The number of rotatable bonds is 18. The van der Waals surface area contributed by atoms with Crippen LogP contribution >= 0.6 is 28.0 Å². The molecule has 0 amide bonds. The second-order valence-electron chi connectivity index (χ2n) is 21.4. The molecule has 0 bridgehead atoms. The van der Waals surface area contributed by atoms with Crippen LogP contribution in [0.1, 0.15) is 284 Å². The van der Waals surface area contributed by atoms with E-state index in [1.807, 2.05) is 53.3 Å². The van der Waals surface area contributed by atoms with E-state index in [1.54, 1.807) is 0 Å². The summed E-state index contributed by atoms with van der Waals surface area (Å²) in [7, 11) is -4.47. The van der Waals surface area contributed by atoms with Crippen LogP contribution in [0.2, 0.25) is 0 Å². The van der Waals surface area contributed by atoms with Gasteiger partial charge in [-0.3, -0.25) is 0 Å². The van der Waals surface area contributed by atoms with E-state index in [0.29, 0.717) is 0 Å². The molecule has 4 aliphatic carbocycles. The van der Waals surface area contributed by atoms with E-state index in [-0.39, 0.29) is 43.3 Å². The molecule has 0 fully saturated rings. The van der Waals surface area contributed by atoms with Crippen molar-refractivity contribution in [2.24, 2.45) is 0 Å². The van der Waals surface area contributed by atoms with Crippen LogP contribution in [0.15, 0.2) is 12.1 Å². The van der Waals surface area contributed by atoms with Gasteiger partial charge in [-0.2, -0.15) is 0 Å². The van der Waals surface area contributed by atoms with E-state index in [4.69, 9.17) is 28.0 Å². The molecule has 2 aromatic carbocycles. The zero-order chi connectivity index (χ0) is 44.5. The van der Waals surface area contributed by atoms with Gasteiger partial charge in [-0.15, -0.1) is 0 Å². The second-order valence-corrected chi connectivity index (χ2v) is 61.3. The Morgan fingerprint density at radius 2 is 0.450 bits per heavy atom. The van der Waals surface area contributed by atoms with Gasteiger partial charge in [-0.25, -0.2) is 0 Å². The topological polar surface area (TPSA) is 0 Å². The van der Waals surface area contributed by atoms with E-state index >= 15 is 0 Å². The molecule has 0 spiro atoms. The van der Waals surface area contributed by atoms with Gasteiger partial charge in [0.05, 0.1) is 0 Å². The van der Waals surface area contributed by atoms with E-state index in [1.165, 1.54) is 128 Å². The molecule has 336 valence electrons. The van der Waals surface area contributed by atoms with Crippen molar-refractivity contribution >= 4 is 56.8 Å². The Morgan fingerprint density at radius 1 is 0.300 bits per heavy atom. The summed E-state index contributed by atoms with van der Waals surface area (Å²) in [6.45, 7) is 41.0. The first kappa shape index (κ1) is 49.9. The SMILES string of the molecule is CCC1(CC)CC(CC)(CC)c2c1cc1c([c]2/[Ge]([Br])=[Ge](\[Br])[c]2c3c(cc4c2C(CC)(CC)CC4(CC)CC)C(CC)(CC)CC3(CC)CC)C(CC)(CC)CC1(CC)CC. The predicted molar refractivity (Wildman–Crippen MR) is 278 cm³/mol. The Labute approximate surface area is 392 Å². The zero-order valence-corrected chi connectivity index (χ0v) is 49.4. The van der Waals surface area contributed by atoms with Crippen LogP contribution in [0.25, 0.3) is 0 Å². The van der Waals surface area contributed by atoms with Crippen molar-refractivity contribution in [3.63, 3.8) is 0 Å². The minimum absolute atomic E-state index is 0.257. The molecule has 0 saturated heterocycles. The molecule has 4 aliphatic rings. The number of halogens is 2. The Bertz CT molecular complexity index is 1670. The molecular weight excluding hydrogens is 978 g/mol. The van der Waals surface area contributed by atoms with Gasteiger partial charge in [0, 0.05) is 0 Å². The standard InChI is InChI=1S/C56H90Br2Ge2/c1-17-49(18-2)35-53(25-9,26-10)43-39(49)33-40-44(54(27-11,28-12)36-50(40,19-3)20-4)47(43)59(57)60(58)48-45-41(51(21-5,22-6)37-55(45,29-13)30-14)34-42-46(48)56(31-15,32-16)38-52(42,23-7)24-8/h33-34H,17-32,35-38H2,1-16H3/b60-59+. The maximum atomic E-state index is 5.18. The van der Waals surface area contributed by atoms with Crippen molar-refractivity contribution in [1.29, 1.82) is 0 Å². The van der Waals surface area contributed by atoms with Gasteiger partial charge >= 0.3 is 396 Å². The number of hydrogen-bond acceptors (Lipinski definition) is 0. The van der Waals surface area contributed by atoms with Crippen LogP contribution in [-0.2, 0) is 43.3 Å². The molecule has 0 heterocycles. The molecular formula is C56H90Br2Ge2. The molecule has 4 heteroatoms. The fourth-order valence-electron chi connectivity index (χ4n) is 16.2. The third-order valence-corrected chi connectivity index (χ3v) is 75.5. The van der Waals surface area contributed by atoms with Crippen molar-refractivity contribution < 1.29 is 0 Å². The maximum absolute atomic E-state index is 5.18. The monoisotopic (exact) mass is 1070 g/mol. The molecule has 0 atom stereocenters. The molecule has 60 heavy (non-hydrogen) atoms. The quantitative estimate of drug-likeness (QED) is 0.131. The van der Waals surface area contributed by atoms with Crippen LogP contribution in [-0.4, -0.2) is 20.0 Å². The van der Waals surface area contributed by atoms with Crippen molar-refractivity contribution in [2.45, 2.75) is 283 Å². The average Bonchev–Trinajstić information content (AvgIpc) is 3.97. The molecule has 0 saturated carbocycles. The fraction of sp³-hybridized carbons (Fsp3) is 0.786. The number of hydrogen-bond donors (Lipinski definition) is 0. The molecule has 0 unspecified atom stereocenters. The number of fused-ring (bicyclic) bond motifs is 4. The van der Waals surface area contributed by atoms with Crippen LogP contribution < -0.4 is 8.79 Å². The summed E-state index contributed by atoms with van der Waals surface area (Å²) >= 11 is 10.4. The second kappa shape index (κ2) is 17.9. The predicted octanol–water partition coefficient (Wildman–Crippen LogP) is 16.7. The van der Waals surface area contributed by atoms with Gasteiger partial charge in [0.2, 0.25) is 0 Å². The Morgan fingerprint density at radius 3 is 0.583 bits per heavy atom. The summed E-state index contributed by atoms with van der Waals surface area (Å²) in [5, 5.41) is 0. The molecule has 0 aromatic heterocycles. The number of benzene rings is 2. The molecule has 6 rings (SSSR count). The van der Waals surface area contributed by atoms with E-state index < -0.39 is 20.0 Å². The van der Waals surface area contributed by atoms with Crippen molar-refractivity contribution in [2.75, 3.05) is 0 Å². The van der Waals surface area contributed by atoms with E-state index in [2.05, 4.69) is 123 Å². The molecule has 0 nitrogen and oxygen atoms in total. The molecule has 0 radical (unpaired) electrons. The molecule has 2 aromatic rings. The summed E-state index contributed by atoms with van der Waals surface area (Å²) in [5.41, 5.74) is 17.1. The van der Waals surface area contributed by atoms with Gasteiger partial charge in [0.1, 0.15) is 0 Å². The van der Waals surface area contributed by atoms with E-state index in [9.17, 15) is 0 Å². The minimum atomic E-state index is -2.24. The first-order valence-electron chi connectivity index (χ1n) is 26.1. The van der Waals surface area contributed by atoms with Crippen molar-refractivity contribution in [1.82, 2.24) is 0 Å². The third-order valence-electron chi connectivity index (χ3n) is 21.2. The first-order chi connectivity index (χ1) is 28.6. The van der Waals surface area contributed by atoms with Crippen LogP contribution in [0.3, 0.4) is 0 Å². The Balaban J connectivity index is 1.96. The summed E-state index contributed by atoms with van der Waals surface area (Å²) in [6, 6.07) is 5.90. The third kappa shape index (κ3) is 6.50. The first-order valence-corrected chi connectivity index (χ1v) is 44.5. The average molecular weight is 1070 g/mol. The van der Waals surface area contributed by atoms with Crippen LogP contribution in [0.4, 0.5) is 0 Å².